The molecule has 1 aromatic heterocycles. The van der Waals surface area contributed by atoms with Gasteiger partial charge in [0.1, 0.15) is 4.90 Å². The van der Waals surface area contributed by atoms with E-state index in [2.05, 4.69) is 32.6 Å². The van der Waals surface area contributed by atoms with Gasteiger partial charge in [0.25, 0.3) is 10.0 Å². The van der Waals surface area contributed by atoms with Gasteiger partial charge in [-0.05, 0) is 65.7 Å². The molecule has 4 nitrogen and oxygen atoms in total. The van der Waals surface area contributed by atoms with Gasteiger partial charge in [-0.3, -0.25) is 4.72 Å². The third-order valence-corrected chi connectivity index (χ3v) is 6.19. The number of halogens is 1. The Labute approximate surface area is 136 Å². The summed E-state index contributed by atoms with van der Waals surface area (Å²) in [5.74, 6) is 0. The van der Waals surface area contributed by atoms with E-state index in [1.54, 1.807) is 19.2 Å². The first-order valence-corrected chi connectivity index (χ1v) is 9.38. The molecule has 0 saturated heterocycles. The van der Waals surface area contributed by atoms with E-state index in [4.69, 9.17) is 0 Å². The summed E-state index contributed by atoms with van der Waals surface area (Å²) in [6.45, 7) is 2.36. The number of sulfonamides is 1. The zero-order valence-corrected chi connectivity index (χ0v) is 14.9. The van der Waals surface area contributed by atoms with Crippen LogP contribution < -0.4 is 10.0 Å². The van der Waals surface area contributed by atoms with Crippen LogP contribution in [0.3, 0.4) is 0 Å². The van der Waals surface area contributed by atoms with Gasteiger partial charge in [-0.1, -0.05) is 6.07 Å². The van der Waals surface area contributed by atoms with E-state index in [0.717, 1.165) is 14.0 Å². The summed E-state index contributed by atoms with van der Waals surface area (Å²) < 4.78 is 28.7. The van der Waals surface area contributed by atoms with E-state index >= 15 is 0 Å². The normalized spacial score (nSPS) is 11.6. The maximum absolute atomic E-state index is 12.6. The summed E-state index contributed by atoms with van der Waals surface area (Å²) in [5.41, 5.74) is 1.36. The Morgan fingerprint density at radius 1 is 1.35 bits per heavy atom. The predicted octanol–water partition coefficient (Wildman–Crippen LogP) is 3.18. The largest absolute Gasteiger partial charge is 0.315 e. The molecule has 0 radical (unpaired) electrons. The van der Waals surface area contributed by atoms with Gasteiger partial charge in [0.05, 0.1) is 0 Å². The van der Waals surface area contributed by atoms with Crippen LogP contribution in [0.25, 0.3) is 0 Å². The van der Waals surface area contributed by atoms with E-state index < -0.39 is 10.0 Å². The van der Waals surface area contributed by atoms with E-state index in [9.17, 15) is 8.42 Å². The molecular formula is C13H15IN2O2S2. The van der Waals surface area contributed by atoms with Crippen molar-refractivity contribution in [1.82, 2.24) is 5.32 Å². The first-order chi connectivity index (χ1) is 9.44. The topological polar surface area (TPSA) is 58.2 Å². The van der Waals surface area contributed by atoms with Crippen molar-refractivity contribution < 1.29 is 8.42 Å². The van der Waals surface area contributed by atoms with Gasteiger partial charge in [0.15, 0.2) is 0 Å². The molecule has 0 amide bonds. The minimum atomic E-state index is -3.55. The lowest BCUT2D eigenvalue weighted by Gasteiger charge is -2.10. The van der Waals surface area contributed by atoms with Crippen molar-refractivity contribution in [2.45, 2.75) is 18.4 Å². The second-order valence-electron chi connectivity index (χ2n) is 4.32. The Bertz CT molecular complexity index is 711. The Balaban J connectivity index is 2.38. The SMILES string of the molecule is CNCc1scc(C)c1S(=O)(=O)Nc1cccc(I)c1. The molecule has 1 aromatic carbocycles. The van der Waals surface area contributed by atoms with Crippen molar-refractivity contribution in [3.8, 4) is 0 Å². The van der Waals surface area contributed by atoms with Gasteiger partial charge in [-0.25, -0.2) is 8.42 Å². The first kappa shape index (κ1) is 15.7. The Morgan fingerprint density at radius 2 is 2.10 bits per heavy atom. The molecule has 0 bridgehead atoms. The van der Waals surface area contributed by atoms with Crippen LogP contribution in [-0.2, 0) is 16.6 Å². The van der Waals surface area contributed by atoms with Crippen LogP contribution in [0, 0.1) is 10.5 Å². The van der Waals surface area contributed by atoms with E-state index in [0.29, 0.717) is 17.1 Å². The summed E-state index contributed by atoms with van der Waals surface area (Å²) in [6.07, 6.45) is 0. The number of hydrogen-bond donors (Lipinski definition) is 2. The van der Waals surface area contributed by atoms with E-state index in [1.807, 2.05) is 24.4 Å². The van der Waals surface area contributed by atoms with Crippen LogP contribution in [0.1, 0.15) is 10.4 Å². The van der Waals surface area contributed by atoms with Gasteiger partial charge >= 0.3 is 0 Å². The average molecular weight is 422 g/mol. The monoisotopic (exact) mass is 422 g/mol. The summed E-state index contributed by atoms with van der Waals surface area (Å²) >= 11 is 3.61. The minimum absolute atomic E-state index is 0.385. The van der Waals surface area contributed by atoms with Crippen molar-refractivity contribution in [3.05, 3.63) is 43.7 Å². The molecule has 0 saturated carbocycles. The lowest BCUT2D eigenvalue weighted by Crippen LogP contribution is -2.16. The fraction of sp³-hybridized carbons (Fsp3) is 0.231. The van der Waals surface area contributed by atoms with Crippen molar-refractivity contribution in [1.29, 1.82) is 0 Å². The third kappa shape index (κ3) is 3.51. The Morgan fingerprint density at radius 3 is 2.75 bits per heavy atom. The molecule has 2 rings (SSSR count). The van der Waals surface area contributed by atoms with Crippen LogP contribution in [0.5, 0.6) is 0 Å². The summed E-state index contributed by atoms with van der Waals surface area (Å²) in [5, 5.41) is 4.87. The molecule has 0 spiro atoms. The molecule has 0 unspecified atom stereocenters. The van der Waals surface area contributed by atoms with Crippen LogP contribution >= 0.6 is 33.9 Å². The van der Waals surface area contributed by atoms with Crippen LogP contribution in [-0.4, -0.2) is 15.5 Å². The minimum Gasteiger partial charge on any atom is -0.315 e. The van der Waals surface area contributed by atoms with Gasteiger partial charge < -0.3 is 5.32 Å². The number of hydrogen-bond acceptors (Lipinski definition) is 4. The number of aryl methyl sites for hydroxylation is 1. The molecule has 0 aliphatic heterocycles. The molecule has 7 heteroatoms. The molecule has 0 atom stereocenters. The molecule has 2 aromatic rings. The molecule has 108 valence electrons. The average Bonchev–Trinajstić information content (AvgIpc) is 2.71. The van der Waals surface area contributed by atoms with Crippen molar-refractivity contribution in [2.24, 2.45) is 0 Å². The van der Waals surface area contributed by atoms with Gasteiger partial charge in [0.2, 0.25) is 0 Å². The predicted molar refractivity (Wildman–Crippen MR) is 91.8 cm³/mol. The highest BCUT2D eigenvalue weighted by Crippen LogP contribution is 2.28. The standard InChI is InChI=1S/C13H15IN2O2S2/c1-9-8-19-12(7-15-2)13(9)20(17,18)16-11-5-3-4-10(14)6-11/h3-6,8,15-16H,7H2,1-2H3. The Hall–Kier alpha value is -0.640. The maximum atomic E-state index is 12.6. The molecule has 1 heterocycles. The van der Waals surface area contributed by atoms with Crippen molar-refractivity contribution in [2.75, 3.05) is 11.8 Å². The highest BCUT2D eigenvalue weighted by atomic mass is 127. The summed E-state index contributed by atoms with van der Waals surface area (Å²) in [4.78, 5) is 1.21. The highest BCUT2D eigenvalue weighted by Gasteiger charge is 2.22. The van der Waals surface area contributed by atoms with Gasteiger partial charge in [0, 0.05) is 20.7 Å². The maximum Gasteiger partial charge on any atom is 0.263 e. The highest BCUT2D eigenvalue weighted by molar-refractivity contribution is 14.1. The van der Waals surface area contributed by atoms with Crippen LogP contribution in [0.15, 0.2) is 34.5 Å². The number of thiophene rings is 1. The van der Waals surface area contributed by atoms with Gasteiger partial charge in [-0.15, -0.1) is 11.3 Å². The number of benzene rings is 1. The number of rotatable bonds is 5. The second-order valence-corrected chi connectivity index (χ2v) is 8.15. The molecule has 0 aliphatic rings. The van der Waals surface area contributed by atoms with E-state index in [-0.39, 0.29) is 0 Å². The molecule has 2 N–H and O–H groups in total. The first-order valence-electron chi connectivity index (χ1n) is 5.94. The smallest absolute Gasteiger partial charge is 0.263 e. The quantitative estimate of drug-likeness (QED) is 0.728. The van der Waals surface area contributed by atoms with Crippen molar-refractivity contribution >= 4 is 49.6 Å². The fourth-order valence-electron chi connectivity index (χ4n) is 1.89. The summed E-state index contributed by atoms with van der Waals surface area (Å²) in [7, 11) is -1.75. The number of anilines is 1. The third-order valence-electron chi connectivity index (χ3n) is 2.67. The number of nitrogens with one attached hydrogen (secondary N) is 2. The van der Waals surface area contributed by atoms with Gasteiger partial charge in [-0.2, -0.15) is 0 Å². The lowest BCUT2D eigenvalue weighted by molar-refractivity contribution is 0.599. The van der Waals surface area contributed by atoms with Crippen molar-refractivity contribution in [3.63, 3.8) is 0 Å². The van der Waals surface area contributed by atoms with Crippen LogP contribution in [0.2, 0.25) is 0 Å². The molecule has 0 aliphatic carbocycles. The summed E-state index contributed by atoms with van der Waals surface area (Å²) in [6, 6.07) is 7.30. The Kier molecular flexibility index (Phi) is 5.05. The van der Waals surface area contributed by atoms with Crippen LogP contribution in [0.4, 0.5) is 5.69 Å². The molecule has 20 heavy (non-hydrogen) atoms. The fourth-order valence-corrected chi connectivity index (χ4v) is 5.31. The zero-order valence-electron chi connectivity index (χ0n) is 11.1. The zero-order chi connectivity index (χ0) is 14.8. The van der Waals surface area contributed by atoms with E-state index in [1.165, 1.54) is 11.3 Å². The molecule has 0 fully saturated rings. The second kappa shape index (κ2) is 6.42. The lowest BCUT2D eigenvalue weighted by atomic mass is 10.3. The molecular weight excluding hydrogens is 407 g/mol.